The second-order valence-electron chi connectivity index (χ2n) is 5.07. The first-order valence-corrected chi connectivity index (χ1v) is 8.18. The van der Waals surface area contributed by atoms with Crippen molar-refractivity contribution in [2.45, 2.75) is 52.0 Å². The number of aromatic nitrogens is 1. The molecule has 0 aromatic carbocycles. The van der Waals surface area contributed by atoms with Gasteiger partial charge in [0, 0.05) is 17.5 Å². The summed E-state index contributed by atoms with van der Waals surface area (Å²) in [6, 6.07) is 0.156. The molecule has 6 heteroatoms. The van der Waals surface area contributed by atoms with Gasteiger partial charge in [0.05, 0.1) is 12.3 Å². The van der Waals surface area contributed by atoms with E-state index in [1.165, 1.54) is 4.88 Å². The molecule has 5 nitrogen and oxygen atoms in total. The Bertz CT molecular complexity index is 457. The number of amides is 2. The predicted molar refractivity (Wildman–Crippen MR) is 81.3 cm³/mol. The van der Waals surface area contributed by atoms with Crippen LogP contribution in [0.5, 0.6) is 0 Å². The Balaban J connectivity index is 2.02. The summed E-state index contributed by atoms with van der Waals surface area (Å²) in [6.45, 7) is 4.64. The molecule has 1 aromatic heterocycles. The molecule has 112 valence electrons. The minimum atomic E-state index is -0.138. The molecule has 1 saturated carbocycles. The van der Waals surface area contributed by atoms with E-state index in [0.717, 1.165) is 37.8 Å². The van der Waals surface area contributed by atoms with Crippen LogP contribution in [0.4, 0.5) is 9.93 Å². The van der Waals surface area contributed by atoms with E-state index >= 15 is 0 Å². The number of carbonyl (C=O) groups is 1. The number of nitrogens with one attached hydrogen (secondary N) is 1. The molecule has 2 amide bonds. The number of anilines is 1. The quantitative estimate of drug-likeness (QED) is 0.813. The normalized spacial score (nSPS) is 14.3. The lowest BCUT2D eigenvalue weighted by Gasteiger charge is -2.20. The zero-order chi connectivity index (χ0) is 14.5. The number of hydrogen-bond donors (Lipinski definition) is 2. The predicted octanol–water partition coefficient (Wildman–Crippen LogP) is 2.65. The first kappa shape index (κ1) is 15.3. The molecule has 0 saturated heterocycles. The molecule has 0 aliphatic heterocycles. The lowest BCUT2D eigenvalue weighted by Crippen LogP contribution is -2.38. The molecule has 1 aliphatic carbocycles. The van der Waals surface area contributed by atoms with E-state index in [2.05, 4.69) is 24.1 Å². The summed E-state index contributed by atoms with van der Waals surface area (Å²) in [5.74, 6) is 0. The number of rotatable bonds is 7. The minimum Gasteiger partial charge on any atom is -0.395 e. The van der Waals surface area contributed by atoms with Crippen LogP contribution >= 0.6 is 11.3 Å². The van der Waals surface area contributed by atoms with Crippen LogP contribution in [0.1, 0.15) is 43.7 Å². The van der Waals surface area contributed by atoms with Crippen LogP contribution in [0.15, 0.2) is 0 Å². The van der Waals surface area contributed by atoms with Gasteiger partial charge in [-0.3, -0.25) is 5.32 Å². The molecule has 0 spiro atoms. The van der Waals surface area contributed by atoms with Crippen LogP contribution in [-0.2, 0) is 12.8 Å². The number of urea groups is 1. The van der Waals surface area contributed by atoms with Crippen molar-refractivity contribution in [2.75, 3.05) is 18.5 Å². The maximum atomic E-state index is 12.2. The molecule has 1 heterocycles. The van der Waals surface area contributed by atoms with Crippen LogP contribution in [0, 0.1) is 0 Å². The number of hydrogen-bond acceptors (Lipinski definition) is 4. The molecule has 1 aliphatic rings. The van der Waals surface area contributed by atoms with Gasteiger partial charge in [0.1, 0.15) is 0 Å². The van der Waals surface area contributed by atoms with Crippen LogP contribution in [-0.4, -0.2) is 40.2 Å². The fourth-order valence-corrected chi connectivity index (χ4v) is 3.19. The van der Waals surface area contributed by atoms with Crippen molar-refractivity contribution in [1.29, 1.82) is 0 Å². The van der Waals surface area contributed by atoms with Gasteiger partial charge >= 0.3 is 6.03 Å². The summed E-state index contributed by atoms with van der Waals surface area (Å²) in [5.41, 5.74) is 1.11. The van der Waals surface area contributed by atoms with Crippen molar-refractivity contribution < 1.29 is 9.90 Å². The number of aliphatic hydroxyl groups is 1. The molecular formula is C14H23N3O2S. The van der Waals surface area contributed by atoms with Crippen molar-refractivity contribution in [3.05, 3.63) is 10.6 Å². The highest BCUT2D eigenvalue weighted by atomic mass is 32.1. The maximum absolute atomic E-state index is 12.2. The van der Waals surface area contributed by atoms with Gasteiger partial charge in [-0.05, 0) is 25.7 Å². The summed E-state index contributed by atoms with van der Waals surface area (Å²) < 4.78 is 0. The average molecular weight is 297 g/mol. The second kappa shape index (κ2) is 7.04. The third kappa shape index (κ3) is 3.70. The third-order valence-electron chi connectivity index (χ3n) is 3.39. The second-order valence-corrected chi connectivity index (χ2v) is 6.15. The van der Waals surface area contributed by atoms with Gasteiger partial charge < -0.3 is 10.0 Å². The fourth-order valence-electron chi connectivity index (χ4n) is 2.25. The summed E-state index contributed by atoms with van der Waals surface area (Å²) in [7, 11) is 0. The Morgan fingerprint density at radius 1 is 1.50 bits per heavy atom. The molecule has 2 N–H and O–H groups in total. The van der Waals surface area contributed by atoms with Crippen LogP contribution in [0.25, 0.3) is 0 Å². The van der Waals surface area contributed by atoms with E-state index in [-0.39, 0.29) is 12.6 Å². The highest BCUT2D eigenvalue weighted by Crippen LogP contribution is 2.29. The first-order valence-electron chi connectivity index (χ1n) is 7.36. The third-order valence-corrected chi connectivity index (χ3v) is 4.55. The Kier molecular flexibility index (Phi) is 5.37. The number of carbonyl (C=O) groups excluding carboxylic acids is 1. The zero-order valence-corrected chi connectivity index (χ0v) is 13.0. The van der Waals surface area contributed by atoms with Crippen LogP contribution in [0.2, 0.25) is 0 Å². The molecule has 1 fully saturated rings. The van der Waals surface area contributed by atoms with Gasteiger partial charge in [-0.2, -0.15) is 0 Å². The molecule has 0 bridgehead atoms. The number of thiazole rings is 1. The lowest BCUT2D eigenvalue weighted by molar-refractivity contribution is 0.185. The SMILES string of the molecule is CCCc1nc(NC(=O)N(CCO)C2CC2)sc1CC. The Morgan fingerprint density at radius 3 is 2.80 bits per heavy atom. The number of nitrogens with zero attached hydrogens (tertiary/aromatic N) is 2. The van der Waals surface area contributed by atoms with E-state index in [1.54, 1.807) is 16.2 Å². The zero-order valence-electron chi connectivity index (χ0n) is 12.2. The Labute approximate surface area is 124 Å². The van der Waals surface area contributed by atoms with E-state index in [9.17, 15) is 4.79 Å². The molecular weight excluding hydrogens is 274 g/mol. The summed E-state index contributed by atoms with van der Waals surface area (Å²) in [4.78, 5) is 19.7. The summed E-state index contributed by atoms with van der Waals surface area (Å²) in [5, 5.41) is 12.6. The van der Waals surface area contributed by atoms with Crippen molar-refractivity contribution in [3.8, 4) is 0 Å². The molecule has 2 rings (SSSR count). The topological polar surface area (TPSA) is 65.5 Å². The van der Waals surface area contributed by atoms with Crippen molar-refractivity contribution >= 4 is 22.5 Å². The van der Waals surface area contributed by atoms with Gasteiger partial charge in [-0.1, -0.05) is 20.3 Å². The van der Waals surface area contributed by atoms with Gasteiger partial charge in [0.2, 0.25) is 0 Å². The van der Waals surface area contributed by atoms with Crippen molar-refractivity contribution in [1.82, 2.24) is 9.88 Å². The Hall–Kier alpha value is -1.14. The van der Waals surface area contributed by atoms with E-state index < -0.39 is 0 Å². The lowest BCUT2D eigenvalue weighted by atomic mass is 10.2. The highest BCUT2D eigenvalue weighted by molar-refractivity contribution is 7.15. The van der Waals surface area contributed by atoms with Gasteiger partial charge in [-0.15, -0.1) is 11.3 Å². The highest BCUT2D eigenvalue weighted by Gasteiger charge is 2.32. The average Bonchev–Trinajstić information content (AvgIpc) is 3.19. The monoisotopic (exact) mass is 297 g/mol. The number of aryl methyl sites for hydroxylation is 2. The van der Waals surface area contributed by atoms with Crippen molar-refractivity contribution in [2.24, 2.45) is 0 Å². The fraction of sp³-hybridized carbons (Fsp3) is 0.714. The van der Waals surface area contributed by atoms with E-state index in [1.807, 2.05) is 0 Å². The molecule has 0 atom stereocenters. The molecule has 20 heavy (non-hydrogen) atoms. The number of aliphatic hydroxyl groups excluding tert-OH is 1. The van der Waals surface area contributed by atoms with E-state index in [4.69, 9.17) is 5.11 Å². The maximum Gasteiger partial charge on any atom is 0.323 e. The van der Waals surface area contributed by atoms with E-state index in [0.29, 0.717) is 17.7 Å². The smallest absolute Gasteiger partial charge is 0.323 e. The Morgan fingerprint density at radius 2 is 2.25 bits per heavy atom. The van der Waals surface area contributed by atoms with Gasteiger partial charge in [-0.25, -0.2) is 9.78 Å². The standard InChI is InChI=1S/C14H23N3O2S/c1-3-5-11-12(4-2)20-13(15-11)16-14(19)17(8-9-18)10-6-7-10/h10,18H,3-9H2,1-2H3,(H,15,16,19). The van der Waals surface area contributed by atoms with Crippen molar-refractivity contribution in [3.63, 3.8) is 0 Å². The van der Waals surface area contributed by atoms with Gasteiger partial charge in [0.15, 0.2) is 5.13 Å². The molecule has 1 aromatic rings. The van der Waals surface area contributed by atoms with Crippen LogP contribution in [0.3, 0.4) is 0 Å². The summed E-state index contributed by atoms with van der Waals surface area (Å²) in [6.07, 6.45) is 5.03. The van der Waals surface area contributed by atoms with Crippen LogP contribution < -0.4 is 5.32 Å². The first-order chi connectivity index (χ1) is 9.69. The molecule has 0 radical (unpaired) electrons. The van der Waals surface area contributed by atoms with Gasteiger partial charge in [0.25, 0.3) is 0 Å². The summed E-state index contributed by atoms with van der Waals surface area (Å²) >= 11 is 1.56. The molecule has 0 unspecified atom stereocenters. The largest absolute Gasteiger partial charge is 0.395 e. The minimum absolute atomic E-state index is 0.00306.